The minimum atomic E-state index is -4.91. The van der Waals surface area contributed by atoms with E-state index in [0.29, 0.717) is 56.3 Å². The Balaban J connectivity index is 1.05. The Labute approximate surface area is 335 Å². The number of anilines is 2. The van der Waals surface area contributed by atoms with E-state index in [1.165, 1.54) is 18.2 Å². The Kier molecular flexibility index (Phi) is 12.7. The Bertz CT molecular complexity index is 2820. The van der Waals surface area contributed by atoms with Crippen LogP contribution in [0.2, 0.25) is 0 Å². The molecule has 0 unspecified atom stereocenters. The lowest BCUT2D eigenvalue weighted by atomic mass is 10.1. The summed E-state index contributed by atoms with van der Waals surface area (Å²) in [5.74, 6) is 0. The molecule has 6 aromatic carbocycles. The molecule has 2 amide bonds. The van der Waals surface area contributed by atoms with E-state index in [2.05, 4.69) is 50.7 Å². The van der Waals surface area contributed by atoms with Crippen LogP contribution in [0, 0.1) is 13.8 Å². The highest BCUT2D eigenvalue weighted by Gasteiger charge is 2.21. The van der Waals surface area contributed by atoms with Crippen molar-refractivity contribution in [1.29, 1.82) is 0 Å². The summed E-state index contributed by atoms with van der Waals surface area (Å²) in [6, 6.07) is 29.2. The van der Waals surface area contributed by atoms with Gasteiger partial charge in [-0.1, -0.05) is 11.1 Å². The number of nitrogens with one attached hydrogen (secondary N) is 2. The van der Waals surface area contributed by atoms with Crippen LogP contribution in [0.15, 0.2) is 161 Å². The lowest BCUT2D eigenvalue weighted by molar-refractivity contribution is -0.432. The Morgan fingerprint density at radius 1 is 0.586 bits per heavy atom. The minimum Gasteiger partial charge on any atom is -0.308 e. The third-order valence-corrected chi connectivity index (χ3v) is 10.4. The summed E-state index contributed by atoms with van der Waals surface area (Å²) in [7, 11) is -9.68. The molecule has 0 fully saturated rings. The summed E-state index contributed by atoms with van der Waals surface area (Å²) in [5, 5.41) is 42.8. The molecular formula is C37H30N8O10S3. The molecule has 0 aromatic heterocycles. The van der Waals surface area contributed by atoms with Crippen LogP contribution >= 0.6 is 12.0 Å². The van der Waals surface area contributed by atoms with Gasteiger partial charge in [-0.25, -0.2) is 10.1 Å². The number of fused-ring (bicyclic) bond motifs is 1. The van der Waals surface area contributed by atoms with Crippen molar-refractivity contribution in [3.05, 3.63) is 126 Å². The molecule has 296 valence electrons. The smallest absolute Gasteiger partial charge is 0.308 e. The molecule has 6 aromatic rings. The Morgan fingerprint density at radius 3 is 1.64 bits per heavy atom. The fourth-order valence-electron chi connectivity index (χ4n) is 5.24. The molecule has 0 aliphatic carbocycles. The second-order valence-corrected chi connectivity index (χ2v) is 15.8. The van der Waals surface area contributed by atoms with Crippen molar-refractivity contribution in [2.24, 2.45) is 30.7 Å². The predicted molar refractivity (Wildman–Crippen MR) is 215 cm³/mol. The van der Waals surface area contributed by atoms with Crippen molar-refractivity contribution in [3.63, 3.8) is 0 Å². The second kappa shape index (κ2) is 17.9. The number of benzene rings is 6. The quantitative estimate of drug-likeness (QED) is 0.0240. The molecule has 0 aliphatic heterocycles. The highest BCUT2D eigenvalue weighted by molar-refractivity contribution is 7.94. The Hall–Kier alpha value is -6.30. The lowest BCUT2D eigenvalue weighted by Crippen LogP contribution is -2.19. The van der Waals surface area contributed by atoms with Crippen molar-refractivity contribution in [1.82, 2.24) is 0 Å². The number of hydrogen-bond acceptors (Lipinski definition) is 15. The molecule has 0 saturated heterocycles. The number of hydrogen-bond donors (Lipinski definition) is 5. The van der Waals surface area contributed by atoms with Crippen LogP contribution in [-0.2, 0) is 29.6 Å². The maximum absolute atomic E-state index is 12.8. The number of amides is 2. The number of urea groups is 1. The molecule has 18 nitrogen and oxygen atoms in total. The maximum atomic E-state index is 12.8. The zero-order valence-corrected chi connectivity index (χ0v) is 32.5. The molecule has 0 saturated carbocycles. The molecule has 0 radical (unpaired) electrons. The Morgan fingerprint density at radius 2 is 1.09 bits per heavy atom. The molecular weight excluding hydrogens is 813 g/mol. The third kappa shape index (κ3) is 11.0. The van der Waals surface area contributed by atoms with Gasteiger partial charge in [0.2, 0.25) is 0 Å². The van der Waals surface area contributed by atoms with Crippen molar-refractivity contribution >= 4 is 94.6 Å². The van der Waals surface area contributed by atoms with Gasteiger partial charge in [-0.15, -0.1) is 4.33 Å². The average Bonchev–Trinajstić information content (AvgIpc) is 3.18. The number of aryl methyl sites for hydroxylation is 2. The monoisotopic (exact) mass is 842 g/mol. The molecule has 0 heterocycles. The second-order valence-electron chi connectivity index (χ2n) is 12.2. The molecule has 0 aliphatic rings. The number of azo groups is 3. The summed E-state index contributed by atoms with van der Waals surface area (Å²) in [6.07, 6.45) is 0. The topological polar surface area (TPSA) is 263 Å². The van der Waals surface area contributed by atoms with E-state index >= 15 is 0 Å². The summed E-state index contributed by atoms with van der Waals surface area (Å²) >= 11 is 0.845. The summed E-state index contributed by atoms with van der Waals surface area (Å²) in [5.41, 5.74) is 5.68. The van der Waals surface area contributed by atoms with E-state index in [4.69, 9.17) is 5.26 Å². The largest absolute Gasteiger partial charge is 0.323 e. The van der Waals surface area contributed by atoms with Crippen molar-refractivity contribution in [3.8, 4) is 0 Å². The van der Waals surface area contributed by atoms with Crippen molar-refractivity contribution in [2.45, 2.75) is 28.5 Å². The van der Waals surface area contributed by atoms with Crippen LogP contribution in [0.4, 0.5) is 50.3 Å². The van der Waals surface area contributed by atoms with Gasteiger partial charge in [0.25, 0.3) is 20.2 Å². The van der Waals surface area contributed by atoms with Crippen LogP contribution in [0.3, 0.4) is 0 Å². The highest BCUT2D eigenvalue weighted by atomic mass is 32.2. The summed E-state index contributed by atoms with van der Waals surface area (Å²) in [6.45, 7) is 3.66. The zero-order chi connectivity index (χ0) is 41.5. The van der Waals surface area contributed by atoms with E-state index < -0.39 is 36.1 Å². The molecule has 5 N–H and O–H groups in total. The van der Waals surface area contributed by atoms with E-state index in [0.717, 1.165) is 23.7 Å². The molecule has 21 heteroatoms. The molecule has 58 heavy (non-hydrogen) atoms. The lowest BCUT2D eigenvalue weighted by Gasteiger charge is -2.11. The number of nitrogens with zero attached hydrogens (tertiary/aromatic N) is 6. The van der Waals surface area contributed by atoms with Gasteiger partial charge in [0, 0.05) is 21.7 Å². The first-order chi connectivity index (χ1) is 27.6. The average molecular weight is 843 g/mol. The van der Waals surface area contributed by atoms with E-state index in [-0.39, 0.29) is 16.5 Å². The molecule has 0 spiro atoms. The maximum Gasteiger partial charge on any atom is 0.323 e. The normalized spacial score (nSPS) is 12.2. The summed E-state index contributed by atoms with van der Waals surface area (Å²) < 4.78 is 70.7. The zero-order valence-electron chi connectivity index (χ0n) is 30.1. The van der Waals surface area contributed by atoms with E-state index in [9.17, 15) is 30.7 Å². The van der Waals surface area contributed by atoms with Gasteiger partial charge in [0.05, 0.1) is 51.1 Å². The first-order valence-electron chi connectivity index (χ1n) is 16.6. The van der Waals surface area contributed by atoms with Gasteiger partial charge in [0.1, 0.15) is 4.90 Å². The van der Waals surface area contributed by atoms with Gasteiger partial charge in [-0.2, -0.15) is 47.5 Å². The number of carbonyl (C=O) groups excluding carboxylic acids is 1. The SMILES string of the molecule is Cc1cc(N=Nc2ccc(NC(=O)Nc3ccc4cc(S(=O)(=O)O)cc(S(=O)(=O)O)c4c3)cc2C)ccc1N=Nc1ccc(N=Nc2ccc(SOOO)cc2)cc1. The van der Waals surface area contributed by atoms with E-state index in [1.54, 1.807) is 85.8 Å². The first-order valence-corrected chi connectivity index (χ1v) is 20.2. The standard InChI is InChI=1S/C37H30N8O10S3/c1-22-17-28(38-37(46)39-29-4-3-24-19-32(57(48,49)50)21-36(33(24)20-29)58(51,52)53)11-15-34(22)45-43-30-12-16-35(23(2)18-30)44-42-26-7-5-25(6-8-26)40-41-27-9-13-31(14-10-27)56-55-54-47/h3-21,47H,1-2H3,(H2,38,39,46)(H,48,49,50)(H,51,52,53). The molecule has 0 bridgehead atoms. The van der Waals surface area contributed by atoms with Crippen LogP contribution in [-0.4, -0.2) is 37.2 Å². The first kappa shape index (κ1) is 41.3. The van der Waals surface area contributed by atoms with Crippen LogP contribution in [0.1, 0.15) is 11.1 Å². The van der Waals surface area contributed by atoms with Crippen LogP contribution < -0.4 is 10.6 Å². The number of rotatable bonds is 13. The highest BCUT2D eigenvalue weighted by Crippen LogP contribution is 2.32. The van der Waals surface area contributed by atoms with Crippen molar-refractivity contribution < 1.29 is 45.4 Å². The van der Waals surface area contributed by atoms with Crippen LogP contribution in [0.25, 0.3) is 10.8 Å². The van der Waals surface area contributed by atoms with E-state index in [1.807, 2.05) is 13.0 Å². The van der Waals surface area contributed by atoms with Crippen molar-refractivity contribution in [2.75, 3.05) is 10.6 Å². The van der Waals surface area contributed by atoms with Gasteiger partial charge in [-0.05, 0) is 140 Å². The molecule has 0 atom stereocenters. The predicted octanol–water partition coefficient (Wildman–Crippen LogP) is 11.3. The minimum absolute atomic E-state index is 0.0780. The fraction of sp³-hybridized carbons (Fsp3) is 0.0541. The van der Waals surface area contributed by atoms with Gasteiger partial charge in [-0.3, -0.25) is 9.11 Å². The summed E-state index contributed by atoms with van der Waals surface area (Å²) in [4.78, 5) is 12.0. The number of carbonyl (C=O) groups is 1. The third-order valence-electron chi connectivity index (χ3n) is 8.03. The molecule has 6 rings (SSSR count). The fourth-order valence-corrected chi connectivity index (χ4v) is 6.94. The van der Waals surface area contributed by atoms with Crippen LogP contribution in [0.5, 0.6) is 0 Å². The van der Waals surface area contributed by atoms with Gasteiger partial charge in [0.15, 0.2) is 0 Å². The van der Waals surface area contributed by atoms with Gasteiger partial charge >= 0.3 is 6.03 Å². The van der Waals surface area contributed by atoms with Gasteiger partial charge < -0.3 is 10.6 Å².